The van der Waals surface area contributed by atoms with E-state index in [9.17, 15) is 0 Å². The number of rotatable bonds is 5. The lowest BCUT2D eigenvalue weighted by Crippen LogP contribution is -2.10. The summed E-state index contributed by atoms with van der Waals surface area (Å²) in [6.45, 7) is 0. The topological polar surface area (TPSA) is 4.93 Å². The average Bonchev–Trinajstić information content (AvgIpc) is 3.63. The van der Waals surface area contributed by atoms with E-state index < -0.39 is 0 Å². The van der Waals surface area contributed by atoms with Gasteiger partial charge in [-0.1, -0.05) is 176 Å². The maximum absolute atomic E-state index is 2.52. The Hall–Kier alpha value is -7.74. The van der Waals surface area contributed by atoms with Crippen molar-refractivity contribution >= 4 is 60.2 Å². The highest BCUT2D eigenvalue weighted by atomic mass is 14.9. The molecule has 2 aliphatic rings. The Labute approximate surface area is 361 Å². The van der Waals surface area contributed by atoms with Gasteiger partial charge in [0.05, 0.1) is 0 Å². The zero-order valence-electron chi connectivity index (χ0n) is 34.4. The SMILES string of the molecule is Cn1c2ccccc2c2ccc(-c3ccc4cc(-c5c6ccccc6c(-c6cc(-c7ccccc7)cc(-c7ccccc7)c6)c6ccccc56)c5c6c4c3C=CC6C=CC5)cc21. The van der Waals surface area contributed by atoms with E-state index in [0.717, 1.165) is 6.42 Å². The van der Waals surface area contributed by atoms with Gasteiger partial charge in [-0.05, 0) is 147 Å². The minimum atomic E-state index is 0.235. The van der Waals surface area contributed by atoms with Crippen LogP contribution in [-0.4, -0.2) is 4.57 Å². The number of fused-ring (bicyclic) bond motifs is 5. The third kappa shape index (κ3) is 5.22. The molecule has 10 aromatic carbocycles. The molecule has 1 unspecified atom stereocenters. The van der Waals surface area contributed by atoms with Crippen molar-refractivity contribution < 1.29 is 0 Å². The number of aromatic nitrogens is 1. The number of nitrogens with zero attached hydrogens (tertiary/aromatic N) is 1. The highest BCUT2D eigenvalue weighted by Crippen LogP contribution is 2.51. The Morgan fingerprint density at radius 3 is 1.68 bits per heavy atom. The van der Waals surface area contributed by atoms with Crippen LogP contribution in [0, 0.1) is 0 Å². The van der Waals surface area contributed by atoms with Crippen LogP contribution in [0.4, 0.5) is 0 Å². The van der Waals surface area contributed by atoms with Gasteiger partial charge in [-0.2, -0.15) is 0 Å². The maximum atomic E-state index is 2.52. The summed E-state index contributed by atoms with van der Waals surface area (Å²) in [7, 11) is 2.19. The molecule has 0 aliphatic heterocycles. The zero-order chi connectivity index (χ0) is 40.9. The van der Waals surface area contributed by atoms with Crippen LogP contribution >= 0.6 is 0 Å². The van der Waals surface area contributed by atoms with E-state index in [2.05, 4.69) is 224 Å². The second-order valence-electron chi connectivity index (χ2n) is 17.1. The van der Waals surface area contributed by atoms with E-state index in [1.54, 1.807) is 0 Å². The summed E-state index contributed by atoms with van der Waals surface area (Å²) in [5.41, 5.74) is 19.3. The first kappa shape index (κ1) is 35.1. The van der Waals surface area contributed by atoms with Crippen LogP contribution in [-0.2, 0) is 13.5 Å². The molecule has 0 amide bonds. The first-order valence-corrected chi connectivity index (χ1v) is 21.8. The van der Waals surface area contributed by atoms with E-state index >= 15 is 0 Å². The number of benzene rings is 10. The van der Waals surface area contributed by atoms with Crippen LogP contribution in [0.2, 0.25) is 0 Å². The van der Waals surface area contributed by atoms with Crippen LogP contribution in [0.1, 0.15) is 22.6 Å². The fourth-order valence-electron chi connectivity index (χ4n) is 11.0. The van der Waals surface area contributed by atoms with Crippen molar-refractivity contribution in [2.45, 2.75) is 12.3 Å². The van der Waals surface area contributed by atoms with Gasteiger partial charge in [-0.3, -0.25) is 0 Å². The molecule has 62 heavy (non-hydrogen) atoms. The zero-order valence-corrected chi connectivity index (χ0v) is 34.4. The molecular formula is C61H41N. The molecule has 1 heterocycles. The van der Waals surface area contributed by atoms with Crippen LogP contribution in [0.3, 0.4) is 0 Å². The molecule has 1 atom stereocenters. The normalized spacial score (nSPS) is 14.2. The summed E-state index contributed by atoms with van der Waals surface area (Å²) in [6, 6.07) is 70.1. The van der Waals surface area contributed by atoms with E-state index in [4.69, 9.17) is 0 Å². The first-order valence-electron chi connectivity index (χ1n) is 21.8. The second-order valence-corrected chi connectivity index (χ2v) is 17.1. The standard InChI is InChI=1S/C61H41N/c1-62-56-26-13-12-20-47(56)48-31-28-41(37-57(48)62)46-30-29-42-36-55(53-25-14-19-40-27-32-54(46)60(42)59(40)53)61-51-23-10-8-21-49(51)58(50-22-9-11-24-52(50)61)45-34-43(38-15-4-2-5-16-38)33-44(35-45)39-17-6-3-7-18-39/h2-24,26-37,40H,25H2,1H3. The minimum Gasteiger partial charge on any atom is -0.344 e. The molecule has 290 valence electrons. The summed E-state index contributed by atoms with van der Waals surface area (Å²) in [4.78, 5) is 0. The van der Waals surface area contributed by atoms with Crippen LogP contribution in [0.25, 0.3) is 116 Å². The number of hydrogen-bond acceptors (Lipinski definition) is 0. The molecule has 0 N–H and O–H groups in total. The third-order valence-electron chi connectivity index (χ3n) is 13.8. The summed E-state index contributed by atoms with van der Waals surface area (Å²) in [6.07, 6.45) is 10.5. The lowest BCUT2D eigenvalue weighted by atomic mass is 9.74. The number of aryl methyl sites for hydroxylation is 1. The quantitative estimate of drug-likeness (QED) is 0.121. The van der Waals surface area contributed by atoms with Gasteiger partial charge in [0, 0.05) is 34.8 Å². The van der Waals surface area contributed by atoms with Crippen molar-refractivity contribution in [3.05, 3.63) is 223 Å². The smallest absolute Gasteiger partial charge is 0.0494 e. The lowest BCUT2D eigenvalue weighted by molar-refractivity contribution is 1.00. The van der Waals surface area contributed by atoms with Gasteiger partial charge in [-0.15, -0.1) is 0 Å². The van der Waals surface area contributed by atoms with Gasteiger partial charge in [0.1, 0.15) is 0 Å². The first-order chi connectivity index (χ1) is 30.7. The fourth-order valence-corrected chi connectivity index (χ4v) is 11.0. The molecule has 1 aromatic heterocycles. The predicted molar refractivity (Wildman–Crippen MR) is 265 cm³/mol. The van der Waals surface area contributed by atoms with Crippen molar-refractivity contribution in [2.75, 3.05) is 0 Å². The molecule has 1 heteroatoms. The third-order valence-corrected chi connectivity index (χ3v) is 13.8. The average molecular weight is 788 g/mol. The van der Waals surface area contributed by atoms with Crippen molar-refractivity contribution in [3.8, 4) is 55.6 Å². The van der Waals surface area contributed by atoms with Crippen molar-refractivity contribution in [1.82, 2.24) is 4.57 Å². The maximum Gasteiger partial charge on any atom is 0.0494 e. The molecule has 0 saturated carbocycles. The van der Waals surface area contributed by atoms with Gasteiger partial charge in [0.2, 0.25) is 0 Å². The molecule has 0 spiro atoms. The van der Waals surface area contributed by atoms with Gasteiger partial charge in [0.25, 0.3) is 0 Å². The number of allylic oxidation sites excluding steroid dienone is 3. The molecule has 0 saturated heterocycles. The van der Waals surface area contributed by atoms with Gasteiger partial charge in [-0.25, -0.2) is 0 Å². The molecule has 0 radical (unpaired) electrons. The lowest BCUT2D eigenvalue weighted by Gasteiger charge is -2.30. The Kier molecular flexibility index (Phi) is 7.71. The van der Waals surface area contributed by atoms with Gasteiger partial charge < -0.3 is 4.57 Å². The molecule has 0 bridgehead atoms. The van der Waals surface area contributed by atoms with E-state index in [1.165, 1.54) is 126 Å². The highest BCUT2D eigenvalue weighted by Gasteiger charge is 2.28. The largest absolute Gasteiger partial charge is 0.344 e. The van der Waals surface area contributed by atoms with E-state index in [-0.39, 0.29) is 5.92 Å². The molecule has 2 aliphatic carbocycles. The molecule has 0 fully saturated rings. The fraction of sp³-hybridized carbons (Fsp3) is 0.0492. The van der Waals surface area contributed by atoms with Crippen LogP contribution < -0.4 is 0 Å². The molecule has 1 nitrogen and oxygen atoms in total. The van der Waals surface area contributed by atoms with E-state index in [0.29, 0.717) is 0 Å². The minimum absolute atomic E-state index is 0.235. The Bertz CT molecular complexity index is 3600. The number of para-hydroxylation sites is 1. The summed E-state index contributed by atoms with van der Waals surface area (Å²) < 4.78 is 2.34. The monoisotopic (exact) mass is 787 g/mol. The predicted octanol–water partition coefficient (Wildman–Crippen LogP) is 16.3. The van der Waals surface area contributed by atoms with Crippen LogP contribution in [0.5, 0.6) is 0 Å². The van der Waals surface area contributed by atoms with Gasteiger partial charge >= 0.3 is 0 Å². The summed E-state index contributed by atoms with van der Waals surface area (Å²) in [5, 5.41) is 10.4. The van der Waals surface area contributed by atoms with Gasteiger partial charge in [0.15, 0.2) is 0 Å². The Morgan fingerprint density at radius 2 is 1.00 bits per heavy atom. The second kappa shape index (κ2) is 13.6. The van der Waals surface area contributed by atoms with E-state index in [1.807, 2.05) is 0 Å². The van der Waals surface area contributed by atoms with Crippen molar-refractivity contribution in [2.24, 2.45) is 7.05 Å². The highest BCUT2D eigenvalue weighted by molar-refractivity contribution is 6.23. The molecule has 11 aromatic rings. The Morgan fingerprint density at radius 1 is 0.419 bits per heavy atom. The summed E-state index contributed by atoms with van der Waals surface area (Å²) >= 11 is 0. The molecule has 13 rings (SSSR count). The molecular weight excluding hydrogens is 747 g/mol. The Balaban J connectivity index is 1.06. The van der Waals surface area contributed by atoms with Crippen molar-refractivity contribution in [3.63, 3.8) is 0 Å². The van der Waals surface area contributed by atoms with Crippen LogP contribution in [0.15, 0.2) is 206 Å². The number of hydrogen-bond donors (Lipinski definition) is 0. The van der Waals surface area contributed by atoms with Crippen molar-refractivity contribution in [1.29, 1.82) is 0 Å². The summed E-state index contributed by atoms with van der Waals surface area (Å²) in [5.74, 6) is 0.235.